The first-order valence-electron chi connectivity index (χ1n) is 10.3. The highest BCUT2D eigenvalue weighted by atomic mass is 32.2. The lowest BCUT2D eigenvalue weighted by Gasteiger charge is -2.12. The minimum Gasteiger partial charge on any atom is -0.497 e. The van der Waals surface area contributed by atoms with Gasteiger partial charge in [-0.3, -0.25) is 9.36 Å². The third-order valence-corrected chi connectivity index (χ3v) is 5.90. The Morgan fingerprint density at radius 1 is 1.06 bits per heavy atom. The lowest BCUT2D eigenvalue weighted by atomic mass is 10.2. The van der Waals surface area contributed by atoms with Crippen molar-refractivity contribution in [3.8, 4) is 23.1 Å². The van der Waals surface area contributed by atoms with Gasteiger partial charge in [-0.25, -0.2) is 0 Å². The maximum Gasteiger partial charge on any atom is 0.230 e. The normalized spacial score (nSPS) is 10.7. The van der Waals surface area contributed by atoms with Gasteiger partial charge in [0.15, 0.2) is 10.9 Å². The lowest BCUT2D eigenvalue weighted by Crippen LogP contribution is -2.25. The minimum atomic E-state index is -0.126. The van der Waals surface area contributed by atoms with Gasteiger partial charge < -0.3 is 19.2 Å². The molecule has 0 saturated carbocycles. The van der Waals surface area contributed by atoms with Gasteiger partial charge in [0.1, 0.15) is 11.5 Å². The summed E-state index contributed by atoms with van der Waals surface area (Å²) in [6.45, 7) is 0.892. The molecule has 1 amide bonds. The number of ether oxygens (including phenoxy) is 2. The number of thioether (sulfide) groups is 1. The molecule has 0 fully saturated rings. The van der Waals surface area contributed by atoms with Gasteiger partial charge in [0.2, 0.25) is 11.7 Å². The third kappa shape index (κ3) is 5.56. The zero-order chi connectivity index (χ0) is 23.0. The van der Waals surface area contributed by atoms with Crippen LogP contribution in [0.4, 0.5) is 0 Å². The average molecular weight is 465 g/mol. The number of hydrogen-bond donors (Lipinski definition) is 1. The maximum absolute atomic E-state index is 12.6. The zero-order valence-corrected chi connectivity index (χ0v) is 19.2. The number of methoxy groups -OCH3 is 2. The van der Waals surface area contributed by atoms with Crippen molar-refractivity contribution in [1.82, 2.24) is 20.1 Å². The minimum absolute atomic E-state index is 0.126. The molecule has 4 aromatic rings. The molecule has 9 heteroatoms. The second-order valence-electron chi connectivity index (χ2n) is 7.10. The molecule has 0 spiro atoms. The van der Waals surface area contributed by atoms with Crippen LogP contribution in [-0.2, 0) is 17.9 Å². The Bertz CT molecular complexity index is 1190. The smallest absolute Gasteiger partial charge is 0.230 e. The molecule has 2 aromatic heterocycles. The van der Waals surface area contributed by atoms with E-state index in [1.807, 2.05) is 65.2 Å². The average Bonchev–Trinajstić information content (AvgIpc) is 3.52. The quantitative estimate of drug-likeness (QED) is 0.355. The summed E-state index contributed by atoms with van der Waals surface area (Å²) < 4.78 is 18.1. The van der Waals surface area contributed by atoms with Crippen LogP contribution in [0.1, 0.15) is 11.1 Å². The fourth-order valence-electron chi connectivity index (χ4n) is 3.29. The standard InChI is InChI=1S/C24H24N4O4S/c1-30-19-10-11-20(31-2)18(13-19)14-25-22(29)16-33-24-27-26-23(21-9-6-12-32-21)28(24)15-17-7-4-3-5-8-17/h3-13H,14-16H2,1-2H3,(H,25,29). The van der Waals surface area contributed by atoms with Crippen LogP contribution < -0.4 is 14.8 Å². The van der Waals surface area contributed by atoms with Crippen molar-refractivity contribution in [2.75, 3.05) is 20.0 Å². The molecule has 0 saturated heterocycles. The molecule has 33 heavy (non-hydrogen) atoms. The molecule has 0 unspecified atom stereocenters. The molecule has 2 heterocycles. The van der Waals surface area contributed by atoms with E-state index in [1.165, 1.54) is 11.8 Å². The van der Waals surface area contributed by atoms with E-state index in [0.717, 1.165) is 11.1 Å². The number of nitrogens with zero attached hydrogens (tertiary/aromatic N) is 3. The van der Waals surface area contributed by atoms with Gasteiger partial charge in [-0.15, -0.1) is 10.2 Å². The van der Waals surface area contributed by atoms with Gasteiger partial charge in [-0.2, -0.15) is 0 Å². The summed E-state index contributed by atoms with van der Waals surface area (Å²) >= 11 is 1.32. The van der Waals surface area contributed by atoms with Gasteiger partial charge >= 0.3 is 0 Å². The molecule has 0 radical (unpaired) electrons. The molecule has 2 aromatic carbocycles. The highest BCUT2D eigenvalue weighted by Gasteiger charge is 2.18. The second-order valence-corrected chi connectivity index (χ2v) is 8.04. The molecular formula is C24H24N4O4S. The monoisotopic (exact) mass is 464 g/mol. The highest BCUT2D eigenvalue weighted by Crippen LogP contribution is 2.26. The number of hydrogen-bond acceptors (Lipinski definition) is 7. The summed E-state index contributed by atoms with van der Waals surface area (Å²) in [6.07, 6.45) is 1.60. The van der Waals surface area contributed by atoms with Crippen molar-refractivity contribution in [3.05, 3.63) is 78.1 Å². The molecular weight excluding hydrogens is 440 g/mol. The first-order valence-corrected chi connectivity index (χ1v) is 11.3. The Labute approximate surface area is 195 Å². The fourth-order valence-corrected chi connectivity index (χ4v) is 4.05. The number of nitrogens with one attached hydrogen (secondary N) is 1. The highest BCUT2D eigenvalue weighted by molar-refractivity contribution is 7.99. The van der Waals surface area contributed by atoms with E-state index in [9.17, 15) is 4.79 Å². The molecule has 0 aliphatic carbocycles. The van der Waals surface area contributed by atoms with Crippen LogP contribution in [0.15, 0.2) is 76.5 Å². The van der Waals surface area contributed by atoms with Crippen molar-refractivity contribution in [2.24, 2.45) is 0 Å². The summed E-state index contributed by atoms with van der Waals surface area (Å²) in [6, 6.07) is 19.1. The lowest BCUT2D eigenvalue weighted by molar-refractivity contribution is -0.118. The number of carbonyl (C=O) groups excluding carboxylic acids is 1. The van der Waals surface area contributed by atoms with Crippen molar-refractivity contribution in [2.45, 2.75) is 18.2 Å². The number of rotatable bonds is 10. The third-order valence-electron chi connectivity index (χ3n) is 4.94. The van der Waals surface area contributed by atoms with Crippen LogP contribution >= 0.6 is 11.8 Å². The van der Waals surface area contributed by atoms with E-state index in [2.05, 4.69) is 15.5 Å². The molecule has 0 aliphatic heterocycles. The number of benzene rings is 2. The summed E-state index contributed by atoms with van der Waals surface area (Å²) in [5.41, 5.74) is 1.93. The molecule has 0 aliphatic rings. The van der Waals surface area contributed by atoms with Gasteiger partial charge in [0, 0.05) is 12.1 Å². The van der Waals surface area contributed by atoms with E-state index >= 15 is 0 Å². The van der Waals surface area contributed by atoms with Crippen LogP contribution in [-0.4, -0.2) is 40.6 Å². The van der Waals surface area contributed by atoms with E-state index in [1.54, 1.807) is 20.5 Å². The Kier molecular flexibility index (Phi) is 7.31. The van der Waals surface area contributed by atoms with E-state index in [0.29, 0.717) is 41.3 Å². The van der Waals surface area contributed by atoms with Crippen LogP contribution in [0.3, 0.4) is 0 Å². The Morgan fingerprint density at radius 2 is 1.91 bits per heavy atom. The van der Waals surface area contributed by atoms with Crippen LogP contribution in [0.2, 0.25) is 0 Å². The number of carbonyl (C=O) groups is 1. The molecule has 1 N–H and O–H groups in total. The van der Waals surface area contributed by atoms with Gasteiger partial charge in [0.05, 0.1) is 32.8 Å². The molecule has 4 rings (SSSR count). The largest absolute Gasteiger partial charge is 0.497 e. The predicted octanol–water partition coefficient (Wildman–Crippen LogP) is 4.01. The van der Waals surface area contributed by atoms with Gasteiger partial charge in [-0.1, -0.05) is 42.1 Å². The van der Waals surface area contributed by atoms with Gasteiger partial charge in [-0.05, 0) is 35.9 Å². The predicted molar refractivity (Wildman–Crippen MR) is 125 cm³/mol. The fraction of sp³-hybridized carbons (Fsp3) is 0.208. The maximum atomic E-state index is 12.6. The second kappa shape index (κ2) is 10.7. The van der Waals surface area contributed by atoms with E-state index in [-0.39, 0.29) is 11.7 Å². The number of amides is 1. The molecule has 0 bridgehead atoms. The Hall–Kier alpha value is -3.72. The number of aromatic nitrogens is 3. The molecule has 0 atom stereocenters. The summed E-state index contributed by atoms with van der Waals surface area (Å²) in [5, 5.41) is 12.2. The van der Waals surface area contributed by atoms with Crippen LogP contribution in [0, 0.1) is 0 Å². The summed E-state index contributed by atoms with van der Waals surface area (Å²) in [7, 11) is 3.20. The van der Waals surface area contributed by atoms with Gasteiger partial charge in [0.25, 0.3) is 0 Å². The Balaban J connectivity index is 1.44. The summed E-state index contributed by atoms with van der Waals surface area (Å²) in [5.74, 6) is 2.70. The number of furan rings is 1. The van der Waals surface area contributed by atoms with Crippen LogP contribution in [0.25, 0.3) is 11.6 Å². The van der Waals surface area contributed by atoms with Crippen LogP contribution in [0.5, 0.6) is 11.5 Å². The molecule has 170 valence electrons. The van der Waals surface area contributed by atoms with Crippen molar-refractivity contribution >= 4 is 17.7 Å². The first-order chi connectivity index (χ1) is 16.2. The van der Waals surface area contributed by atoms with Crippen molar-refractivity contribution in [1.29, 1.82) is 0 Å². The molecule has 8 nitrogen and oxygen atoms in total. The van der Waals surface area contributed by atoms with Crippen molar-refractivity contribution < 1.29 is 18.7 Å². The van der Waals surface area contributed by atoms with E-state index in [4.69, 9.17) is 13.9 Å². The van der Waals surface area contributed by atoms with Crippen molar-refractivity contribution in [3.63, 3.8) is 0 Å². The first kappa shape index (κ1) is 22.5. The Morgan fingerprint density at radius 3 is 2.64 bits per heavy atom. The topological polar surface area (TPSA) is 91.4 Å². The zero-order valence-electron chi connectivity index (χ0n) is 18.4. The SMILES string of the molecule is COc1ccc(OC)c(CNC(=O)CSc2nnc(-c3ccco3)n2Cc2ccccc2)c1. The van der Waals surface area contributed by atoms with E-state index < -0.39 is 0 Å². The summed E-state index contributed by atoms with van der Waals surface area (Å²) in [4.78, 5) is 12.6.